The molecule has 0 unspecified atom stereocenters. The number of methoxy groups -OCH3 is 2. The molecule has 32 heavy (non-hydrogen) atoms. The second-order valence-corrected chi connectivity index (χ2v) is 7.94. The van der Waals surface area contributed by atoms with E-state index in [-0.39, 0.29) is 11.9 Å². The van der Waals surface area contributed by atoms with Crippen LogP contribution in [0.3, 0.4) is 0 Å². The molecule has 0 N–H and O–H groups in total. The Morgan fingerprint density at radius 1 is 0.906 bits per heavy atom. The topological polar surface area (TPSA) is 55.8 Å². The predicted octanol–water partition coefficient (Wildman–Crippen LogP) is 4.40. The molecule has 1 aliphatic heterocycles. The highest BCUT2D eigenvalue weighted by molar-refractivity contribution is 5.97. The van der Waals surface area contributed by atoms with Crippen molar-refractivity contribution in [1.82, 2.24) is 0 Å². The monoisotopic (exact) mass is 429 g/mol. The average Bonchev–Trinajstić information content (AvgIpc) is 3.28. The largest absolute Gasteiger partial charge is 0.497 e. The summed E-state index contributed by atoms with van der Waals surface area (Å²) in [4.78, 5) is 26.7. The van der Waals surface area contributed by atoms with E-state index in [0.717, 1.165) is 41.8 Å². The van der Waals surface area contributed by atoms with E-state index < -0.39 is 0 Å². The highest BCUT2D eigenvalue weighted by Gasteiger charge is 2.27. The molecular weight excluding hydrogens is 402 g/mol. The smallest absolute Gasteiger partial charge is 0.337 e. The first-order valence-corrected chi connectivity index (χ1v) is 10.8. The average molecular weight is 430 g/mol. The van der Waals surface area contributed by atoms with Gasteiger partial charge in [-0.15, -0.1) is 0 Å². The van der Waals surface area contributed by atoms with Crippen LogP contribution in [0.2, 0.25) is 0 Å². The first kappa shape index (κ1) is 21.6. The molecular formula is C27H27NO4. The van der Waals surface area contributed by atoms with Crippen molar-refractivity contribution in [2.24, 2.45) is 0 Å². The molecule has 0 spiro atoms. The van der Waals surface area contributed by atoms with Gasteiger partial charge >= 0.3 is 5.97 Å². The molecule has 0 radical (unpaired) electrons. The molecule has 0 fully saturated rings. The summed E-state index contributed by atoms with van der Waals surface area (Å²) >= 11 is 0. The summed E-state index contributed by atoms with van der Waals surface area (Å²) in [6.07, 6.45) is 2.88. The molecule has 0 saturated heterocycles. The molecule has 0 aliphatic carbocycles. The molecule has 0 atom stereocenters. The summed E-state index contributed by atoms with van der Waals surface area (Å²) in [5.41, 5.74) is 6.10. The van der Waals surface area contributed by atoms with E-state index in [1.54, 1.807) is 19.2 Å². The number of hydrogen-bond acceptors (Lipinski definition) is 4. The number of amides is 1. The van der Waals surface area contributed by atoms with Crippen LogP contribution in [0.15, 0.2) is 66.7 Å². The van der Waals surface area contributed by atoms with Crippen molar-refractivity contribution in [3.8, 4) is 5.75 Å². The Morgan fingerprint density at radius 3 is 2.44 bits per heavy atom. The highest BCUT2D eigenvalue weighted by Crippen LogP contribution is 2.33. The molecule has 0 saturated carbocycles. The number of fused-ring (bicyclic) bond motifs is 1. The second kappa shape index (κ2) is 9.69. The van der Waals surface area contributed by atoms with E-state index in [1.165, 1.54) is 18.2 Å². The molecule has 5 heteroatoms. The van der Waals surface area contributed by atoms with Gasteiger partial charge in [0.25, 0.3) is 0 Å². The molecule has 164 valence electrons. The van der Waals surface area contributed by atoms with Crippen LogP contribution < -0.4 is 9.64 Å². The number of nitrogens with zero attached hydrogens (tertiary/aromatic N) is 1. The maximum Gasteiger partial charge on any atom is 0.337 e. The van der Waals surface area contributed by atoms with Crippen molar-refractivity contribution in [1.29, 1.82) is 0 Å². The van der Waals surface area contributed by atoms with Gasteiger partial charge in [-0.2, -0.15) is 0 Å². The zero-order valence-corrected chi connectivity index (χ0v) is 18.5. The minimum atomic E-state index is -0.331. The van der Waals surface area contributed by atoms with Crippen LogP contribution >= 0.6 is 0 Å². The summed E-state index contributed by atoms with van der Waals surface area (Å²) in [5.74, 6) is 0.533. The predicted molar refractivity (Wildman–Crippen MR) is 124 cm³/mol. The number of rotatable bonds is 7. The van der Waals surface area contributed by atoms with E-state index in [1.807, 2.05) is 41.3 Å². The number of carbonyl (C=O) groups is 2. The van der Waals surface area contributed by atoms with Gasteiger partial charge in [-0.1, -0.05) is 42.5 Å². The Balaban J connectivity index is 1.48. The summed E-state index contributed by atoms with van der Waals surface area (Å²) in [5, 5.41) is 0. The van der Waals surface area contributed by atoms with Gasteiger partial charge in [0.2, 0.25) is 5.91 Å². The molecule has 1 amide bonds. The van der Waals surface area contributed by atoms with Gasteiger partial charge in [0, 0.05) is 6.54 Å². The van der Waals surface area contributed by atoms with Gasteiger partial charge in [-0.3, -0.25) is 4.79 Å². The van der Waals surface area contributed by atoms with Gasteiger partial charge in [0.15, 0.2) is 0 Å². The maximum atomic E-state index is 13.2. The number of ether oxygens (including phenoxy) is 2. The fraction of sp³-hybridized carbons (Fsp3) is 0.259. The van der Waals surface area contributed by atoms with Crippen LogP contribution in [0.25, 0.3) is 0 Å². The number of benzene rings is 3. The third-order valence-electron chi connectivity index (χ3n) is 5.93. The second-order valence-electron chi connectivity index (χ2n) is 7.94. The first-order valence-electron chi connectivity index (χ1n) is 10.8. The molecule has 1 aliphatic rings. The lowest BCUT2D eigenvalue weighted by Crippen LogP contribution is -2.31. The molecule has 0 aromatic heterocycles. The molecule has 3 aromatic rings. The Hall–Kier alpha value is -3.60. The van der Waals surface area contributed by atoms with Crippen molar-refractivity contribution in [3.05, 3.63) is 94.5 Å². The van der Waals surface area contributed by atoms with E-state index in [0.29, 0.717) is 18.5 Å². The first-order chi connectivity index (χ1) is 15.6. The lowest BCUT2D eigenvalue weighted by molar-refractivity contribution is -0.117. The molecule has 3 aromatic carbocycles. The van der Waals surface area contributed by atoms with Gasteiger partial charge < -0.3 is 14.4 Å². The summed E-state index contributed by atoms with van der Waals surface area (Å²) in [6, 6.07) is 21.5. The number of para-hydroxylation sites is 1. The zero-order valence-electron chi connectivity index (χ0n) is 18.5. The van der Waals surface area contributed by atoms with Crippen molar-refractivity contribution in [3.63, 3.8) is 0 Å². The minimum Gasteiger partial charge on any atom is -0.497 e. The molecule has 1 heterocycles. The summed E-state index contributed by atoms with van der Waals surface area (Å²) in [6.45, 7) is 0.711. The Kier molecular flexibility index (Phi) is 6.55. The number of hydrogen-bond donors (Lipinski definition) is 0. The van der Waals surface area contributed by atoms with Crippen molar-refractivity contribution < 1.29 is 19.1 Å². The van der Waals surface area contributed by atoms with Crippen LogP contribution in [-0.2, 0) is 35.2 Å². The molecule has 0 bridgehead atoms. The van der Waals surface area contributed by atoms with Crippen molar-refractivity contribution in [2.45, 2.75) is 25.7 Å². The van der Waals surface area contributed by atoms with Crippen molar-refractivity contribution in [2.75, 3.05) is 25.7 Å². The van der Waals surface area contributed by atoms with Gasteiger partial charge in [0.1, 0.15) is 5.75 Å². The highest BCUT2D eigenvalue weighted by atomic mass is 16.5. The van der Waals surface area contributed by atoms with Crippen LogP contribution in [0, 0.1) is 0 Å². The summed E-state index contributed by atoms with van der Waals surface area (Å²) in [7, 11) is 3.01. The molecule has 4 rings (SSSR count). The molecule has 5 nitrogen and oxygen atoms in total. The Bertz CT molecular complexity index is 1120. The van der Waals surface area contributed by atoms with E-state index in [4.69, 9.17) is 9.47 Å². The Labute approximate surface area is 188 Å². The SMILES string of the molecule is COC(=O)c1ccc(CCc2cccc3c2N(C(=O)Cc2cccc(OC)c2)CC3)cc1. The lowest BCUT2D eigenvalue weighted by Gasteiger charge is -2.21. The van der Waals surface area contributed by atoms with Gasteiger partial charge in [-0.25, -0.2) is 4.79 Å². The van der Waals surface area contributed by atoms with E-state index in [2.05, 4.69) is 18.2 Å². The van der Waals surface area contributed by atoms with E-state index in [9.17, 15) is 9.59 Å². The standard InChI is InChI=1S/C27H27NO4/c1-31-24-8-3-5-20(17-24)18-25(29)28-16-15-22-7-4-6-21(26(22)28)12-9-19-10-13-23(14-11-19)27(30)32-2/h3-8,10-11,13-14,17H,9,12,15-16,18H2,1-2H3. The fourth-order valence-electron chi connectivity index (χ4n) is 4.24. The van der Waals surface area contributed by atoms with Crippen molar-refractivity contribution >= 4 is 17.6 Å². The van der Waals surface area contributed by atoms with Crippen LogP contribution in [0.1, 0.15) is 32.6 Å². The lowest BCUT2D eigenvalue weighted by atomic mass is 9.99. The zero-order chi connectivity index (χ0) is 22.5. The van der Waals surface area contributed by atoms with Gasteiger partial charge in [0.05, 0.1) is 31.9 Å². The fourth-order valence-corrected chi connectivity index (χ4v) is 4.24. The minimum absolute atomic E-state index is 0.104. The number of anilines is 1. The Morgan fingerprint density at radius 2 is 1.69 bits per heavy atom. The number of esters is 1. The van der Waals surface area contributed by atoms with Crippen LogP contribution in [-0.4, -0.2) is 32.6 Å². The van der Waals surface area contributed by atoms with E-state index >= 15 is 0 Å². The summed E-state index contributed by atoms with van der Waals surface area (Å²) < 4.78 is 10.0. The van der Waals surface area contributed by atoms with Crippen LogP contribution in [0.4, 0.5) is 5.69 Å². The third kappa shape index (κ3) is 4.67. The third-order valence-corrected chi connectivity index (χ3v) is 5.93. The normalized spacial score (nSPS) is 12.4. The van der Waals surface area contributed by atoms with Crippen LogP contribution in [0.5, 0.6) is 5.75 Å². The quantitative estimate of drug-likeness (QED) is 0.523. The number of carbonyl (C=O) groups excluding carboxylic acids is 2. The maximum absolute atomic E-state index is 13.2. The number of aryl methyl sites for hydroxylation is 2. The van der Waals surface area contributed by atoms with Gasteiger partial charge in [-0.05, 0) is 65.8 Å².